The molecule has 1 aliphatic rings. The topological polar surface area (TPSA) is 50.5 Å². The van der Waals surface area contributed by atoms with Gasteiger partial charge >= 0.3 is 0 Å². The van der Waals surface area contributed by atoms with Crippen LogP contribution in [0.15, 0.2) is 255 Å². The number of carbonyl (C=O) groups is 2. The lowest BCUT2D eigenvalue weighted by atomic mass is 10.0. The smallest absolute Gasteiger partial charge is 0.258 e. The normalized spacial score (nSPS) is 12.5. The molecule has 13 rings (SSSR count). The Hall–Kier alpha value is -9.52. The zero-order valence-electron chi connectivity index (χ0n) is 37.9. The van der Waals surface area contributed by atoms with Gasteiger partial charge in [-0.15, -0.1) is 0 Å². The van der Waals surface area contributed by atoms with Crippen molar-refractivity contribution in [3.05, 3.63) is 255 Å². The van der Waals surface area contributed by atoms with E-state index in [2.05, 4.69) is 232 Å². The van der Waals surface area contributed by atoms with Gasteiger partial charge in [0.2, 0.25) is 0 Å². The highest BCUT2D eigenvalue weighted by molar-refractivity contribution is 6.28. The summed E-state index contributed by atoms with van der Waals surface area (Å²) in [5.41, 5.74) is 17.2. The fourth-order valence-electron chi connectivity index (χ4n) is 10.3. The molecule has 0 bridgehead atoms. The molecule has 0 fully saturated rings. The summed E-state index contributed by atoms with van der Waals surface area (Å²) in [6.07, 6.45) is 2.61. The number of amides is 2. The molecule has 330 valence electrons. The van der Waals surface area contributed by atoms with Gasteiger partial charge in [0, 0.05) is 62.1 Å². The summed E-state index contributed by atoms with van der Waals surface area (Å²) in [7, 11) is 0. The van der Waals surface area contributed by atoms with Crippen molar-refractivity contribution in [2.75, 3.05) is 9.80 Å². The zero-order valence-corrected chi connectivity index (χ0v) is 37.9. The minimum absolute atomic E-state index is 0.329. The Morgan fingerprint density at radius 3 is 0.786 bits per heavy atom. The van der Waals surface area contributed by atoms with Crippen LogP contribution in [0.3, 0.4) is 0 Å². The number of hydrogen-bond acceptors (Lipinski definition) is 3. The summed E-state index contributed by atoms with van der Waals surface area (Å²) < 4.78 is 4.69. The Morgan fingerprint density at radius 1 is 0.257 bits per heavy atom. The van der Waals surface area contributed by atoms with Crippen LogP contribution in [0.2, 0.25) is 0 Å². The van der Waals surface area contributed by atoms with Crippen molar-refractivity contribution in [2.24, 2.45) is 0 Å². The van der Waals surface area contributed by atoms with E-state index >= 15 is 0 Å². The van der Waals surface area contributed by atoms with Gasteiger partial charge < -0.3 is 14.0 Å². The summed E-state index contributed by atoms with van der Waals surface area (Å²) in [5, 5.41) is 5.00. The highest BCUT2D eigenvalue weighted by Gasteiger charge is 2.25. The number of benzene rings is 10. The SMILES string of the molecule is O=C1C=CC(=O)N1c1ccc(-c2ccc(N(c3ccc(-c4ccc(-n5c6ccccc6c6ccccc65)cc4)cc3)c3ccc(-c4ccc(-n5c6ccccc6c6ccccc65)cc4)cc3)cc2)cc1. The van der Waals surface area contributed by atoms with Crippen molar-refractivity contribution in [3.63, 3.8) is 0 Å². The Morgan fingerprint density at radius 2 is 0.500 bits per heavy atom. The van der Waals surface area contributed by atoms with E-state index in [9.17, 15) is 9.59 Å². The van der Waals surface area contributed by atoms with Gasteiger partial charge in [0.15, 0.2) is 0 Å². The van der Waals surface area contributed by atoms with E-state index < -0.39 is 0 Å². The molecule has 0 saturated carbocycles. The average Bonchev–Trinajstić information content (AvgIpc) is 4.07. The summed E-state index contributed by atoms with van der Waals surface area (Å²) in [6.45, 7) is 0. The highest BCUT2D eigenvalue weighted by atomic mass is 16.2. The molecule has 0 saturated heterocycles. The van der Waals surface area contributed by atoms with Crippen LogP contribution in [-0.2, 0) is 9.59 Å². The maximum Gasteiger partial charge on any atom is 0.258 e. The molecule has 0 atom stereocenters. The van der Waals surface area contributed by atoms with E-state index in [-0.39, 0.29) is 11.8 Å². The highest BCUT2D eigenvalue weighted by Crippen LogP contribution is 2.40. The summed E-state index contributed by atoms with van der Waals surface area (Å²) in [4.78, 5) is 28.1. The van der Waals surface area contributed by atoms with Gasteiger partial charge in [-0.05, 0) is 130 Å². The summed E-state index contributed by atoms with van der Waals surface area (Å²) in [6, 6.07) is 85.7. The lowest BCUT2D eigenvalue weighted by Gasteiger charge is -2.26. The third-order valence-electron chi connectivity index (χ3n) is 13.7. The average molecular weight is 899 g/mol. The van der Waals surface area contributed by atoms with Crippen molar-refractivity contribution >= 4 is 78.2 Å². The predicted octanol–water partition coefficient (Wildman–Crippen LogP) is 15.8. The monoisotopic (exact) mass is 898 g/mol. The number of aromatic nitrogens is 2. The van der Waals surface area contributed by atoms with Crippen molar-refractivity contribution in [1.29, 1.82) is 0 Å². The first kappa shape index (κ1) is 40.7. The number of fused-ring (bicyclic) bond motifs is 6. The van der Waals surface area contributed by atoms with Crippen molar-refractivity contribution in [1.82, 2.24) is 9.13 Å². The van der Waals surface area contributed by atoms with E-state index in [0.717, 1.165) is 61.8 Å². The maximum absolute atomic E-state index is 12.3. The van der Waals surface area contributed by atoms with Gasteiger partial charge in [0.1, 0.15) is 0 Å². The molecule has 1 aliphatic heterocycles. The molecule has 0 radical (unpaired) electrons. The van der Waals surface area contributed by atoms with Crippen LogP contribution in [-0.4, -0.2) is 20.9 Å². The number of imide groups is 1. The van der Waals surface area contributed by atoms with Crippen LogP contribution in [0.4, 0.5) is 22.7 Å². The Kier molecular flexibility index (Phi) is 9.70. The maximum atomic E-state index is 12.3. The molecular weight excluding hydrogens is 857 g/mol. The van der Waals surface area contributed by atoms with Crippen LogP contribution in [0.1, 0.15) is 0 Å². The fraction of sp³-hybridized carbons (Fsp3) is 0. The van der Waals surface area contributed by atoms with Crippen LogP contribution < -0.4 is 9.80 Å². The third-order valence-corrected chi connectivity index (χ3v) is 13.7. The van der Waals surface area contributed by atoms with E-state index in [1.54, 1.807) is 0 Å². The molecule has 0 spiro atoms. The number of carbonyl (C=O) groups excluding carboxylic acids is 2. The first-order valence-electron chi connectivity index (χ1n) is 23.5. The standard InChI is InChI=1S/C64H42N4O2/c69-63-41-42-64(70)68(63)54-39-27-48(28-40-54)45-21-33-51(34-22-45)65(49-29-17-43(18-30-49)46-23-35-52(36-24-46)66-59-13-5-1-9-55(59)56-10-2-6-14-60(56)66)50-31-19-44(20-32-50)47-25-37-53(38-26-47)67-61-15-7-3-11-57(61)58-12-4-8-16-62(58)67/h1-42H. The van der Waals surface area contributed by atoms with Crippen LogP contribution >= 0.6 is 0 Å². The van der Waals surface area contributed by atoms with E-state index in [0.29, 0.717) is 5.69 Å². The number of anilines is 4. The van der Waals surface area contributed by atoms with Crippen molar-refractivity contribution < 1.29 is 9.59 Å². The molecule has 0 N–H and O–H groups in total. The molecule has 3 heterocycles. The van der Waals surface area contributed by atoms with E-state index in [1.807, 2.05) is 24.3 Å². The predicted molar refractivity (Wildman–Crippen MR) is 288 cm³/mol. The van der Waals surface area contributed by atoms with Crippen LogP contribution in [0.25, 0.3) is 88.4 Å². The van der Waals surface area contributed by atoms with Crippen LogP contribution in [0, 0.1) is 0 Å². The summed E-state index contributed by atoms with van der Waals surface area (Å²) >= 11 is 0. The molecule has 2 amide bonds. The van der Waals surface area contributed by atoms with Crippen LogP contribution in [0.5, 0.6) is 0 Å². The lowest BCUT2D eigenvalue weighted by molar-refractivity contribution is -0.119. The van der Waals surface area contributed by atoms with Gasteiger partial charge in [-0.2, -0.15) is 0 Å². The second-order valence-electron chi connectivity index (χ2n) is 17.7. The molecule has 0 aliphatic carbocycles. The largest absolute Gasteiger partial charge is 0.311 e. The number of nitrogens with zero attached hydrogens (tertiary/aromatic N) is 4. The van der Waals surface area contributed by atoms with E-state index in [4.69, 9.17) is 0 Å². The Bertz CT molecular complexity index is 3670. The zero-order chi connectivity index (χ0) is 46.7. The second kappa shape index (κ2) is 16.7. The second-order valence-corrected chi connectivity index (χ2v) is 17.7. The molecule has 12 aromatic rings. The molecule has 6 nitrogen and oxygen atoms in total. The molecule has 0 unspecified atom stereocenters. The molecular formula is C64H42N4O2. The number of hydrogen-bond donors (Lipinski definition) is 0. The molecule has 70 heavy (non-hydrogen) atoms. The molecule has 10 aromatic carbocycles. The minimum Gasteiger partial charge on any atom is -0.311 e. The first-order valence-corrected chi connectivity index (χ1v) is 23.5. The third kappa shape index (κ3) is 6.89. The van der Waals surface area contributed by atoms with Gasteiger partial charge in [-0.25, -0.2) is 4.90 Å². The fourth-order valence-corrected chi connectivity index (χ4v) is 10.3. The Labute approximate surface area is 404 Å². The first-order chi connectivity index (χ1) is 34.5. The number of para-hydroxylation sites is 4. The van der Waals surface area contributed by atoms with Gasteiger partial charge in [-0.3, -0.25) is 9.59 Å². The Balaban J connectivity index is 0.819. The van der Waals surface area contributed by atoms with Gasteiger partial charge in [0.25, 0.3) is 11.8 Å². The lowest BCUT2D eigenvalue weighted by Crippen LogP contribution is -2.29. The summed E-state index contributed by atoms with van der Waals surface area (Å²) in [5.74, 6) is -0.657. The quantitative estimate of drug-likeness (QED) is 0.136. The van der Waals surface area contributed by atoms with E-state index in [1.165, 1.54) is 60.7 Å². The number of rotatable bonds is 9. The van der Waals surface area contributed by atoms with Gasteiger partial charge in [0.05, 0.1) is 27.8 Å². The van der Waals surface area contributed by atoms with Crippen molar-refractivity contribution in [3.8, 4) is 44.8 Å². The van der Waals surface area contributed by atoms with Gasteiger partial charge in [-0.1, -0.05) is 146 Å². The molecule has 2 aromatic heterocycles. The molecule has 6 heteroatoms. The minimum atomic E-state index is -0.329. The van der Waals surface area contributed by atoms with Crippen molar-refractivity contribution in [2.45, 2.75) is 0 Å².